The van der Waals surface area contributed by atoms with Gasteiger partial charge in [-0.3, -0.25) is 9.59 Å². The predicted molar refractivity (Wildman–Crippen MR) is 103 cm³/mol. The van der Waals surface area contributed by atoms with Crippen LogP contribution in [0.3, 0.4) is 0 Å². The molecule has 160 valence electrons. The highest BCUT2D eigenvalue weighted by molar-refractivity contribution is 5.84. The van der Waals surface area contributed by atoms with E-state index in [4.69, 9.17) is 10.8 Å². The number of fused-ring (bicyclic) bond motifs is 1. The monoisotopic (exact) mass is 409 g/mol. The van der Waals surface area contributed by atoms with Crippen molar-refractivity contribution in [3.05, 3.63) is 5.56 Å². The predicted octanol–water partition coefficient (Wildman–Crippen LogP) is 0.589. The molecule has 0 saturated heterocycles. The number of aliphatic carboxylic acids is 2. The first-order chi connectivity index (χ1) is 13.7. The Kier molecular flexibility index (Phi) is 7.57. The quantitative estimate of drug-likeness (QED) is 0.319. The van der Waals surface area contributed by atoms with Gasteiger partial charge in [0.15, 0.2) is 0 Å². The van der Waals surface area contributed by atoms with Crippen LogP contribution in [0.2, 0.25) is 0 Å². The minimum Gasteiger partial charge on any atom is -0.493 e. The number of nitrogens with zero attached hydrogens (tertiary/aromatic N) is 2. The van der Waals surface area contributed by atoms with Crippen LogP contribution in [0.25, 0.3) is 0 Å². The van der Waals surface area contributed by atoms with Crippen LogP contribution in [0.1, 0.15) is 44.6 Å². The van der Waals surface area contributed by atoms with E-state index in [1.807, 2.05) is 6.92 Å². The molecule has 7 N–H and O–H groups in total. The third kappa shape index (κ3) is 6.19. The molecule has 2 rings (SSSR count). The zero-order chi connectivity index (χ0) is 21.6. The largest absolute Gasteiger partial charge is 0.493 e. The smallest absolute Gasteiger partial charge is 0.326 e. The molecule has 1 aliphatic heterocycles. The number of nitrogens with two attached hydrogens (primary N) is 1. The molecule has 2 unspecified atom stereocenters. The zero-order valence-electron chi connectivity index (χ0n) is 16.2. The number of hydrogen-bond donors (Lipinski definition) is 6. The van der Waals surface area contributed by atoms with Gasteiger partial charge in [0.25, 0.3) is 0 Å². The molecule has 3 atom stereocenters. The number of aromatic hydroxyl groups is 1. The number of nitrogens with one attached hydrogen (secondary N) is 2. The molecule has 0 fully saturated rings. The molecule has 29 heavy (non-hydrogen) atoms. The lowest BCUT2D eigenvalue weighted by Crippen LogP contribution is -2.42. The lowest BCUT2D eigenvalue weighted by Gasteiger charge is -2.32. The highest BCUT2D eigenvalue weighted by Gasteiger charge is 2.31. The maximum absolute atomic E-state index is 12.5. The second-order valence-corrected chi connectivity index (χ2v) is 7.22. The number of nitrogen functional groups attached to an aromatic ring is 1. The van der Waals surface area contributed by atoms with Gasteiger partial charge in [-0.2, -0.15) is 9.97 Å². The fraction of sp³-hybridized carbons (Fsp3) is 0.611. The van der Waals surface area contributed by atoms with Gasteiger partial charge in [0.05, 0.1) is 5.56 Å². The van der Waals surface area contributed by atoms with Crippen molar-refractivity contribution in [1.29, 1.82) is 0 Å². The number of anilines is 2. The molecule has 0 radical (unpaired) electrons. The molecule has 0 aromatic carbocycles. The van der Waals surface area contributed by atoms with Gasteiger partial charge in [-0.25, -0.2) is 4.79 Å². The molecule has 0 bridgehead atoms. The first kappa shape index (κ1) is 22.2. The van der Waals surface area contributed by atoms with Gasteiger partial charge in [-0.05, 0) is 31.1 Å². The van der Waals surface area contributed by atoms with Gasteiger partial charge in [-0.1, -0.05) is 13.3 Å². The zero-order valence-corrected chi connectivity index (χ0v) is 16.2. The average Bonchev–Trinajstić information content (AvgIpc) is 2.64. The van der Waals surface area contributed by atoms with Gasteiger partial charge in [0.2, 0.25) is 17.7 Å². The van der Waals surface area contributed by atoms with E-state index in [-0.39, 0.29) is 42.9 Å². The van der Waals surface area contributed by atoms with E-state index in [0.717, 1.165) is 12.8 Å². The molecular weight excluding hydrogens is 382 g/mol. The van der Waals surface area contributed by atoms with Crippen LogP contribution in [0.15, 0.2) is 0 Å². The summed E-state index contributed by atoms with van der Waals surface area (Å²) in [5.41, 5.74) is 6.09. The molecule has 1 aliphatic rings. The summed E-state index contributed by atoms with van der Waals surface area (Å²) in [4.78, 5) is 42.3. The Bertz CT molecular complexity index is 771. The second kappa shape index (κ2) is 9.89. The van der Waals surface area contributed by atoms with Crippen LogP contribution in [-0.4, -0.2) is 55.7 Å². The summed E-state index contributed by atoms with van der Waals surface area (Å²) in [5.74, 6) is -2.62. The van der Waals surface area contributed by atoms with Gasteiger partial charge in [-0.15, -0.1) is 0 Å². The van der Waals surface area contributed by atoms with Crippen molar-refractivity contribution in [2.75, 3.05) is 17.6 Å². The molecule has 11 nitrogen and oxygen atoms in total. The highest BCUT2D eigenvalue weighted by Crippen LogP contribution is 2.35. The van der Waals surface area contributed by atoms with E-state index in [1.165, 1.54) is 0 Å². The van der Waals surface area contributed by atoms with Crippen LogP contribution >= 0.6 is 0 Å². The topological polar surface area (TPSA) is 188 Å². The van der Waals surface area contributed by atoms with Crippen LogP contribution in [0, 0.1) is 11.8 Å². The Morgan fingerprint density at radius 2 is 2.00 bits per heavy atom. The van der Waals surface area contributed by atoms with E-state index in [2.05, 4.69) is 20.6 Å². The first-order valence-corrected chi connectivity index (χ1v) is 9.54. The summed E-state index contributed by atoms with van der Waals surface area (Å²) in [5, 5.41) is 33.6. The fourth-order valence-corrected chi connectivity index (χ4v) is 3.61. The second-order valence-electron chi connectivity index (χ2n) is 7.22. The third-order valence-electron chi connectivity index (χ3n) is 5.05. The number of carboxylic acids is 2. The van der Waals surface area contributed by atoms with Crippen LogP contribution in [-0.2, 0) is 20.8 Å². The standard InChI is InChI=1S/C18H27N5O6/c1-2-3-9(7-13(24)21-12(17(28)29)4-5-14(25)26)10-6-11-15(20-8-10)22-18(19)23-16(11)27/h9-10,12H,2-8H2,1H3,(H,21,24)(H,25,26)(H,28,29)(H4,19,20,22,23,27)/t9?,10?,12-/m0/s1. The molecule has 0 aliphatic carbocycles. The number of hydrogen-bond acceptors (Lipinski definition) is 8. The molecule has 0 saturated carbocycles. The minimum absolute atomic E-state index is 0.00798. The SMILES string of the molecule is CCCC(CC(=O)N[C@@H](CCC(=O)O)C(=O)O)C1CNc2nc(N)nc(O)c2C1. The van der Waals surface area contributed by atoms with E-state index in [1.54, 1.807) is 0 Å². The molecule has 1 amide bonds. The Morgan fingerprint density at radius 1 is 1.28 bits per heavy atom. The van der Waals surface area contributed by atoms with E-state index in [0.29, 0.717) is 24.3 Å². The summed E-state index contributed by atoms with van der Waals surface area (Å²) in [7, 11) is 0. The van der Waals surface area contributed by atoms with E-state index in [9.17, 15) is 24.6 Å². The molecule has 2 heterocycles. The van der Waals surface area contributed by atoms with Crippen LogP contribution in [0.4, 0.5) is 11.8 Å². The Labute approximate surface area is 167 Å². The number of carbonyl (C=O) groups excluding carboxylic acids is 1. The van der Waals surface area contributed by atoms with Gasteiger partial charge >= 0.3 is 11.9 Å². The highest BCUT2D eigenvalue weighted by atomic mass is 16.4. The van der Waals surface area contributed by atoms with Crippen molar-refractivity contribution < 1.29 is 29.7 Å². The van der Waals surface area contributed by atoms with Gasteiger partial charge in [0.1, 0.15) is 11.9 Å². The lowest BCUT2D eigenvalue weighted by atomic mass is 9.80. The van der Waals surface area contributed by atoms with Crippen molar-refractivity contribution in [1.82, 2.24) is 15.3 Å². The van der Waals surface area contributed by atoms with Gasteiger partial charge < -0.3 is 31.7 Å². The van der Waals surface area contributed by atoms with Crippen molar-refractivity contribution in [2.24, 2.45) is 11.8 Å². The number of amides is 1. The minimum atomic E-state index is -1.26. The maximum Gasteiger partial charge on any atom is 0.326 e. The molecule has 11 heteroatoms. The summed E-state index contributed by atoms with van der Waals surface area (Å²) < 4.78 is 0. The number of aromatic nitrogens is 2. The van der Waals surface area contributed by atoms with Crippen molar-refractivity contribution in [3.8, 4) is 5.88 Å². The third-order valence-corrected chi connectivity index (χ3v) is 5.05. The lowest BCUT2D eigenvalue weighted by molar-refractivity contribution is -0.143. The van der Waals surface area contributed by atoms with Gasteiger partial charge in [0, 0.05) is 19.4 Å². The van der Waals surface area contributed by atoms with Crippen molar-refractivity contribution in [3.63, 3.8) is 0 Å². The summed E-state index contributed by atoms with van der Waals surface area (Å²) in [6.45, 7) is 2.52. The summed E-state index contributed by atoms with van der Waals surface area (Å²) in [6.07, 6.45) is 1.60. The summed E-state index contributed by atoms with van der Waals surface area (Å²) >= 11 is 0. The molecule has 0 spiro atoms. The molecule has 1 aromatic rings. The Morgan fingerprint density at radius 3 is 2.62 bits per heavy atom. The first-order valence-electron chi connectivity index (χ1n) is 9.54. The Balaban J connectivity index is 2.04. The molecule has 1 aromatic heterocycles. The normalized spacial score (nSPS) is 17.5. The van der Waals surface area contributed by atoms with Crippen LogP contribution < -0.4 is 16.4 Å². The average molecular weight is 409 g/mol. The fourth-order valence-electron chi connectivity index (χ4n) is 3.61. The van der Waals surface area contributed by atoms with Crippen molar-refractivity contribution >= 4 is 29.6 Å². The van der Waals surface area contributed by atoms with Crippen LogP contribution in [0.5, 0.6) is 5.88 Å². The van der Waals surface area contributed by atoms with Crippen molar-refractivity contribution in [2.45, 2.75) is 51.5 Å². The molecular formula is C18H27N5O6. The number of carbonyl (C=O) groups is 3. The summed E-state index contributed by atoms with van der Waals surface area (Å²) in [6, 6.07) is -1.24. The number of rotatable bonds is 10. The van der Waals surface area contributed by atoms with E-state index < -0.39 is 23.9 Å². The Hall–Kier alpha value is -3.11. The maximum atomic E-state index is 12.5. The van der Waals surface area contributed by atoms with E-state index >= 15 is 0 Å². The number of carboxylic acid groups (broad SMARTS) is 2.